The standard InChI is InChI=1S/C14H16N2O2.C4H4O4/c1-18-8-5-6-9-11(7-8)16-10-3-2-4-12(17)13(10)14(9)15;5-3(6)1-2-4(7)8/h5-7,12,17H,2-4H2,1H3,(H2,15,16);1-2H,(H,5,6)(H,7,8)/b;2-1-. The lowest BCUT2D eigenvalue weighted by Crippen LogP contribution is -2.14. The lowest BCUT2D eigenvalue weighted by molar-refractivity contribution is -0.134. The molecular formula is C18H20N2O6. The van der Waals surface area contributed by atoms with Crippen LogP contribution in [0.25, 0.3) is 10.9 Å². The average molecular weight is 360 g/mol. The van der Waals surface area contributed by atoms with E-state index in [9.17, 15) is 14.7 Å². The number of rotatable bonds is 3. The predicted octanol–water partition coefficient (Wildman–Crippen LogP) is 1.91. The Morgan fingerprint density at radius 3 is 2.50 bits per heavy atom. The molecule has 26 heavy (non-hydrogen) atoms. The minimum Gasteiger partial charge on any atom is -0.497 e. The number of aliphatic hydroxyl groups excluding tert-OH is 1. The third-order valence-corrected chi connectivity index (χ3v) is 3.94. The molecule has 5 N–H and O–H groups in total. The molecule has 1 heterocycles. The summed E-state index contributed by atoms with van der Waals surface area (Å²) in [4.78, 5) is 23.7. The van der Waals surface area contributed by atoms with Crippen molar-refractivity contribution < 1.29 is 29.6 Å². The Morgan fingerprint density at radius 1 is 1.27 bits per heavy atom. The number of nitrogen functional groups attached to an aromatic ring is 1. The topological polar surface area (TPSA) is 143 Å². The number of nitrogens with two attached hydrogens (primary N) is 1. The number of nitrogens with zero attached hydrogens (tertiary/aromatic N) is 1. The van der Waals surface area contributed by atoms with Gasteiger partial charge in [-0.15, -0.1) is 0 Å². The van der Waals surface area contributed by atoms with E-state index in [1.807, 2.05) is 18.2 Å². The number of aromatic nitrogens is 1. The zero-order valence-electron chi connectivity index (χ0n) is 14.2. The Kier molecular flexibility index (Phi) is 6.13. The summed E-state index contributed by atoms with van der Waals surface area (Å²) in [5.74, 6) is -1.74. The first kappa shape index (κ1) is 19.2. The summed E-state index contributed by atoms with van der Waals surface area (Å²) in [6.07, 6.45) is 3.23. The zero-order chi connectivity index (χ0) is 19.3. The highest BCUT2D eigenvalue weighted by Crippen LogP contribution is 2.37. The molecule has 0 aliphatic heterocycles. The van der Waals surface area contributed by atoms with E-state index in [1.165, 1.54) is 0 Å². The number of ether oxygens (including phenoxy) is 1. The van der Waals surface area contributed by atoms with Crippen molar-refractivity contribution in [3.63, 3.8) is 0 Å². The Labute approximate surface area is 149 Å². The first-order valence-corrected chi connectivity index (χ1v) is 7.91. The first-order valence-electron chi connectivity index (χ1n) is 7.91. The second-order valence-electron chi connectivity index (χ2n) is 5.69. The van der Waals surface area contributed by atoms with E-state index < -0.39 is 18.0 Å². The summed E-state index contributed by atoms with van der Waals surface area (Å²) >= 11 is 0. The summed E-state index contributed by atoms with van der Waals surface area (Å²) < 4.78 is 5.20. The summed E-state index contributed by atoms with van der Waals surface area (Å²) in [5, 5.41) is 26.6. The van der Waals surface area contributed by atoms with Gasteiger partial charge in [0.05, 0.1) is 18.7 Å². The molecule has 2 aromatic rings. The number of benzene rings is 1. The van der Waals surface area contributed by atoms with Gasteiger partial charge in [0.1, 0.15) is 5.75 Å². The quantitative estimate of drug-likeness (QED) is 0.608. The van der Waals surface area contributed by atoms with Crippen molar-refractivity contribution in [3.8, 4) is 5.75 Å². The van der Waals surface area contributed by atoms with Gasteiger partial charge in [0.15, 0.2) is 0 Å². The molecule has 1 unspecified atom stereocenters. The number of fused-ring (bicyclic) bond motifs is 2. The molecular weight excluding hydrogens is 340 g/mol. The number of aryl methyl sites for hydroxylation is 1. The second kappa shape index (κ2) is 8.30. The second-order valence-corrected chi connectivity index (χ2v) is 5.69. The van der Waals surface area contributed by atoms with Crippen molar-refractivity contribution in [2.24, 2.45) is 0 Å². The molecule has 0 amide bonds. The van der Waals surface area contributed by atoms with E-state index in [0.29, 0.717) is 17.8 Å². The lowest BCUT2D eigenvalue weighted by Gasteiger charge is -2.23. The number of pyridine rings is 1. The van der Waals surface area contributed by atoms with Gasteiger partial charge in [-0.2, -0.15) is 0 Å². The van der Waals surface area contributed by atoms with Crippen LogP contribution in [0.2, 0.25) is 0 Å². The molecule has 1 aliphatic rings. The Morgan fingerprint density at radius 2 is 1.92 bits per heavy atom. The van der Waals surface area contributed by atoms with Gasteiger partial charge in [-0.3, -0.25) is 4.98 Å². The molecule has 0 saturated carbocycles. The molecule has 8 heteroatoms. The van der Waals surface area contributed by atoms with Crippen LogP contribution in [0.15, 0.2) is 30.4 Å². The van der Waals surface area contributed by atoms with Crippen molar-refractivity contribution in [2.75, 3.05) is 12.8 Å². The molecule has 1 aromatic carbocycles. The maximum Gasteiger partial charge on any atom is 0.328 e. The highest BCUT2D eigenvalue weighted by Gasteiger charge is 2.23. The maximum absolute atomic E-state index is 10.1. The van der Waals surface area contributed by atoms with Gasteiger partial charge < -0.3 is 25.8 Å². The minimum absolute atomic E-state index is 0.479. The fraction of sp³-hybridized carbons (Fsp3) is 0.278. The monoisotopic (exact) mass is 360 g/mol. The van der Waals surface area contributed by atoms with Crippen molar-refractivity contribution in [1.82, 2.24) is 4.98 Å². The van der Waals surface area contributed by atoms with Gasteiger partial charge in [0, 0.05) is 40.5 Å². The van der Waals surface area contributed by atoms with Crippen LogP contribution in [0.3, 0.4) is 0 Å². The highest BCUT2D eigenvalue weighted by atomic mass is 16.5. The normalized spacial score (nSPS) is 15.8. The van der Waals surface area contributed by atoms with E-state index in [-0.39, 0.29) is 0 Å². The number of hydrogen-bond donors (Lipinski definition) is 4. The fourth-order valence-corrected chi connectivity index (χ4v) is 2.78. The molecule has 1 atom stereocenters. The van der Waals surface area contributed by atoms with Gasteiger partial charge in [-0.25, -0.2) is 9.59 Å². The number of aliphatic carboxylic acids is 2. The lowest BCUT2D eigenvalue weighted by atomic mass is 9.90. The molecule has 1 aliphatic carbocycles. The third-order valence-electron chi connectivity index (χ3n) is 3.94. The van der Waals surface area contributed by atoms with Crippen LogP contribution in [-0.4, -0.2) is 39.4 Å². The Balaban J connectivity index is 0.000000260. The molecule has 8 nitrogen and oxygen atoms in total. The van der Waals surface area contributed by atoms with Gasteiger partial charge in [0.2, 0.25) is 0 Å². The predicted molar refractivity (Wildman–Crippen MR) is 95.0 cm³/mol. The number of carboxylic acid groups (broad SMARTS) is 2. The van der Waals surface area contributed by atoms with E-state index in [4.69, 9.17) is 20.7 Å². The SMILES string of the molecule is COc1ccc2c(N)c3c(nc2c1)CCCC3O.O=C(O)/C=C\C(=O)O. The summed E-state index contributed by atoms with van der Waals surface area (Å²) in [6, 6.07) is 5.65. The molecule has 3 rings (SSSR count). The number of aliphatic hydroxyl groups is 1. The average Bonchev–Trinajstić information content (AvgIpc) is 2.60. The highest BCUT2D eigenvalue weighted by molar-refractivity contribution is 5.93. The number of carbonyl (C=O) groups is 2. The Hall–Kier alpha value is -3.13. The summed E-state index contributed by atoms with van der Waals surface area (Å²) in [5.41, 5.74) is 9.41. The van der Waals surface area contributed by atoms with Crippen LogP contribution in [0, 0.1) is 0 Å². The van der Waals surface area contributed by atoms with Gasteiger partial charge in [0.25, 0.3) is 0 Å². The van der Waals surface area contributed by atoms with E-state index in [0.717, 1.165) is 47.2 Å². The number of methoxy groups -OCH3 is 1. The van der Waals surface area contributed by atoms with Crippen LogP contribution < -0.4 is 10.5 Å². The molecule has 0 spiro atoms. The van der Waals surface area contributed by atoms with E-state index in [1.54, 1.807) is 7.11 Å². The summed E-state index contributed by atoms with van der Waals surface area (Å²) in [6.45, 7) is 0. The van der Waals surface area contributed by atoms with Crippen molar-refractivity contribution in [2.45, 2.75) is 25.4 Å². The smallest absolute Gasteiger partial charge is 0.328 e. The number of carboxylic acids is 2. The fourth-order valence-electron chi connectivity index (χ4n) is 2.78. The van der Waals surface area contributed by atoms with Crippen LogP contribution >= 0.6 is 0 Å². The van der Waals surface area contributed by atoms with Crippen LogP contribution in [0.1, 0.15) is 30.2 Å². The minimum atomic E-state index is -1.26. The molecule has 1 aromatic heterocycles. The van der Waals surface area contributed by atoms with Gasteiger partial charge in [-0.1, -0.05) is 0 Å². The Bertz CT molecular complexity index is 846. The summed E-state index contributed by atoms with van der Waals surface area (Å²) in [7, 11) is 1.63. The van der Waals surface area contributed by atoms with E-state index >= 15 is 0 Å². The third kappa shape index (κ3) is 4.48. The van der Waals surface area contributed by atoms with E-state index in [2.05, 4.69) is 4.98 Å². The van der Waals surface area contributed by atoms with Crippen LogP contribution in [0.4, 0.5) is 5.69 Å². The zero-order valence-corrected chi connectivity index (χ0v) is 14.2. The molecule has 138 valence electrons. The van der Waals surface area contributed by atoms with Gasteiger partial charge in [-0.05, 0) is 31.4 Å². The van der Waals surface area contributed by atoms with Crippen molar-refractivity contribution in [3.05, 3.63) is 41.6 Å². The van der Waals surface area contributed by atoms with Crippen molar-refractivity contribution in [1.29, 1.82) is 0 Å². The largest absolute Gasteiger partial charge is 0.497 e. The van der Waals surface area contributed by atoms with Gasteiger partial charge >= 0.3 is 11.9 Å². The first-order chi connectivity index (χ1) is 12.3. The molecule has 0 bridgehead atoms. The van der Waals surface area contributed by atoms with Crippen LogP contribution in [-0.2, 0) is 16.0 Å². The van der Waals surface area contributed by atoms with Crippen molar-refractivity contribution >= 4 is 28.5 Å². The number of anilines is 1. The molecule has 0 radical (unpaired) electrons. The molecule has 0 saturated heterocycles. The maximum atomic E-state index is 10.1. The van der Waals surface area contributed by atoms with Crippen LogP contribution in [0.5, 0.6) is 5.75 Å². The number of hydrogen-bond acceptors (Lipinski definition) is 6. The molecule has 0 fully saturated rings.